The first-order chi connectivity index (χ1) is 36.9. The lowest BCUT2D eigenvalue weighted by Gasteiger charge is -2.30. The quantitative estimate of drug-likeness (QED) is 0.0242. The maximum atomic E-state index is 13.6. The summed E-state index contributed by atoms with van der Waals surface area (Å²) in [6.45, 7) is 6.10. The summed E-state index contributed by atoms with van der Waals surface area (Å²) in [5.41, 5.74) is 15.3. The Labute approximate surface area is 444 Å². The van der Waals surface area contributed by atoms with Crippen LogP contribution in [0.2, 0.25) is 0 Å². The van der Waals surface area contributed by atoms with Crippen LogP contribution >= 0.6 is 0 Å². The molecule has 4 aromatic rings. The third-order valence-electron chi connectivity index (χ3n) is 12.6. The molecule has 0 bridgehead atoms. The standard InChI is InChI=1S/C53H64N12O12/c1-32(2)46(63-43(67)8-4-3-5-22-65-44(68)17-18-45(65)69)50(71)61-38(7-6-20-57-52(55)74)49(70)59-37-15-11-34(12-16-37)31-77-53(75)62-39(51(72)73)27-33-9-13-35(14-10-33)40-30-58-48(54)47(60-40)42(66)28-36-29-56-21-19-41(36)64-23-25-76-26-24-64/h9-19,21,29-30,32,38-39,46H,3-8,20,22-28,31H2,1-2H3,(H2,54,58)(H,59,70)(H,61,71)(H,62,75)(H,63,67)(H,72,73)(H3,55,57,74)/t38-,39+,46-/m0/s1. The van der Waals surface area contributed by atoms with Crippen molar-refractivity contribution >= 4 is 70.6 Å². The molecule has 0 radical (unpaired) electrons. The first-order valence-corrected chi connectivity index (χ1v) is 25.2. The number of alkyl carbamates (subject to hydrolysis) is 1. The molecule has 24 nitrogen and oxygen atoms in total. The summed E-state index contributed by atoms with van der Waals surface area (Å²) in [4.78, 5) is 130. The Morgan fingerprint density at radius 1 is 0.818 bits per heavy atom. The molecule has 24 heteroatoms. The molecule has 2 aromatic carbocycles. The van der Waals surface area contributed by atoms with E-state index in [1.165, 1.54) is 18.3 Å². The van der Waals surface area contributed by atoms with Gasteiger partial charge in [-0.25, -0.2) is 24.4 Å². The number of nitrogen functional groups attached to an aromatic ring is 1. The highest BCUT2D eigenvalue weighted by Gasteiger charge is 2.30. The molecule has 2 aromatic heterocycles. The fourth-order valence-electron chi connectivity index (χ4n) is 8.37. The van der Waals surface area contributed by atoms with E-state index in [1.54, 1.807) is 74.8 Å². The van der Waals surface area contributed by atoms with Gasteiger partial charge in [-0.3, -0.25) is 38.7 Å². The number of carbonyl (C=O) groups is 9. The molecule has 6 rings (SSSR count). The summed E-state index contributed by atoms with van der Waals surface area (Å²) in [7, 11) is 0. The predicted molar refractivity (Wildman–Crippen MR) is 281 cm³/mol. The number of carboxylic acid groups (broad SMARTS) is 1. The molecule has 4 heterocycles. The minimum atomic E-state index is -1.36. The number of hydrogen-bond acceptors (Lipinski definition) is 16. The van der Waals surface area contributed by atoms with Crippen LogP contribution in [0.4, 0.5) is 26.8 Å². The number of ether oxygens (including phenoxy) is 2. The Bertz CT molecular complexity index is 2780. The Hall–Kier alpha value is -8.80. The first-order valence-electron chi connectivity index (χ1n) is 25.2. The smallest absolute Gasteiger partial charge is 0.408 e. The summed E-state index contributed by atoms with van der Waals surface area (Å²) in [6.07, 6.45) is 8.05. The molecule has 2 aliphatic rings. The molecule has 0 spiro atoms. The normalized spacial score (nSPS) is 14.3. The average molecular weight is 1060 g/mol. The number of nitrogens with two attached hydrogens (primary N) is 2. The Balaban J connectivity index is 0.976. The summed E-state index contributed by atoms with van der Waals surface area (Å²) in [5.74, 6) is -4.36. The van der Waals surface area contributed by atoms with Crippen molar-refractivity contribution in [1.82, 2.24) is 41.1 Å². The summed E-state index contributed by atoms with van der Waals surface area (Å²) < 4.78 is 10.8. The van der Waals surface area contributed by atoms with Crippen molar-refractivity contribution in [3.05, 3.63) is 108 Å². The van der Waals surface area contributed by atoms with Gasteiger partial charge in [0.2, 0.25) is 17.7 Å². The van der Waals surface area contributed by atoms with E-state index in [2.05, 4.69) is 46.4 Å². The number of imide groups is 1. The number of urea groups is 1. The number of pyridine rings is 1. The number of ketones is 1. The van der Waals surface area contributed by atoms with Crippen LogP contribution in [0.15, 0.2) is 85.3 Å². The molecule has 77 heavy (non-hydrogen) atoms. The number of nitrogens with one attached hydrogen (secondary N) is 5. The van der Waals surface area contributed by atoms with E-state index in [0.29, 0.717) is 73.6 Å². The van der Waals surface area contributed by atoms with Crippen molar-refractivity contribution < 1.29 is 57.7 Å². The number of anilines is 3. The van der Waals surface area contributed by atoms with Gasteiger partial charge in [0.1, 0.15) is 30.4 Å². The van der Waals surface area contributed by atoms with Gasteiger partial charge in [0, 0.05) is 92.5 Å². The Morgan fingerprint density at radius 2 is 1.52 bits per heavy atom. The average Bonchev–Trinajstić information content (AvgIpc) is 3.74. The van der Waals surface area contributed by atoms with Crippen molar-refractivity contribution in [1.29, 1.82) is 0 Å². The van der Waals surface area contributed by atoms with E-state index in [9.17, 15) is 48.3 Å². The number of aromatic nitrogens is 3. The number of rotatable bonds is 27. The number of benzene rings is 2. The van der Waals surface area contributed by atoms with Crippen molar-refractivity contribution in [3.8, 4) is 11.3 Å². The zero-order chi connectivity index (χ0) is 55.4. The van der Waals surface area contributed by atoms with Gasteiger partial charge in [-0.05, 0) is 60.9 Å². The Morgan fingerprint density at radius 3 is 2.19 bits per heavy atom. The molecule has 1 fully saturated rings. The molecule has 2 aliphatic heterocycles. The van der Waals surface area contributed by atoms with E-state index in [-0.39, 0.29) is 92.7 Å². The fourth-order valence-corrected chi connectivity index (χ4v) is 8.37. The maximum Gasteiger partial charge on any atom is 0.408 e. The largest absolute Gasteiger partial charge is 0.480 e. The maximum absolute atomic E-state index is 13.6. The van der Waals surface area contributed by atoms with E-state index in [4.69, 9.17) is 20.9 Å². The number of carboxylic acids is 1. The van der Waals surface area contributed by atoms with Gasteiger partial charge in [0.25, 0.3) is 11.8 Å². The second kappa shape index (κ2) is 28.2. The number of hydrogen-bond donors (Lipinski definition) is 8. The predicted octanol–water partition coefficient (Wildman–Crippen LogP) is 2.80. The molecule has 1 saturated heterocycles. The van der Waals surface area contributed by atoms with Gasteiger partial charge in [-0.15, -0.1) is 0 Å². The zero-order valence-corrected chi connectivity index (χ0v) is 42.8. The second-order valence-corrected chi connectivity index (χ2v) is 18.6. The highest BCUT2D eigenvalue weighted by atomic mass is 16.5. The number of primary amides is 1. The van der Waals surface area contributed by atoms with Gasteiger partial charge in [-0.1, -0.05) is 56.7 Å². The van der Waals surface area contributed by atoms with Gasteiger partial charge in [0.05, 0.1) is 25.1 Å². The highest BCUT2D eigenvalue weighted by Crippen LogP contribution is 2.25. The number of nitrogens with zero attached hydrogens (tertiary/aromatic N) is 5. The molecular formula is C53H64N12O12. The number of carbonyl (C=O) groups excluding carboxylic acids is 8. The number of aliphatic carboxylic acids is 1. The lowest BCUT2D eigenvalue weighted by Crippen LogP contribution is -2.54. The van der Waals surface area contributed by atoms with E-state index in [0.717, 1.165) is 16.2 Å². The van der Waals surface area contributed by atoms with E-state index >= 15 is 0 Å². The second-order valence-electron chi connectivity index (χ2n) is 18.6. The lowest BCUT2D eigenvalue weighted by molar-refractivity contribution is -0.139. The molecule has 10 N–H and O–H groups in total. The molecular weight excluding hydrogens is 997 g/mol. The minimum absolute atomic E-state index is 0.00127. The topological polar surface area (TPSA) is 350 Å². The van der Waals surface area contributed by atoms with Crippen molar-refractivity contribution in [3.63, 3.8) is 0 Å². The van der Waals surface area contributed by atoms with Gasteiger partial charge < -0.3 is 57.5 Å². The first kappa shape index (κ1) is 57.5. The molecule has 3 atom stereocenters. The SMILES string of the molecule is CC(C)[C@H](NC(=O)CCCCCN1C(=O)C=CC1=O)C(=O)N[C@@H](CCCNC(N)=O)C(=O)Nc1ccc(COC(=O)N[C@H](Cc2ccc(-c3cnc(N)c(C(=O)Cc4cnccc4N4CCOCC4)n3)cc2)C(=O)O)cc1. The van der Waals surface area contributed by atoms with Crippen LogP contribution in [0.25, 0.3) is 11.3 Å². The lowest BCUT2D eigenvalue weighted by atomic mass is 10.0. The van der Waals surface area contributed by atoms with Crippen LogP contribution in [-0.2, 0) is 57.7 Å². The van der Waals surface area contributed by atoms with Crippen LogP contribution in [0.1, 0.15) is 79.6 Å². The molecule has 0 unspecified atom stereocenters. The molecule has 408 valence electrons. The van der Waals surface area contributed by atoms with E-state index in [1.807, 2.05) is 6.07 Å². The van der Waals surface area contributed by atoms with Gasteiger partial charge in [-0.2, -0.15) is 0 Å². The highest BCUT2D eigenvalue weighted by molar-refractivity contribution is 6.12. The third-order valence-corrected chi connectivity index (χ3v) is 12.6. The summed E-state index contributed by atoms with van der Waals surface area (Å²) in [6, 6.07) is 10.6. The zero-order valence-electron chi connectivity index (χ0n) is 42.8. The van der Waals surface area contributed by atoms with Gasteiger partial charge >= 0.3 is 18.1 Å². The van der Waals surface area contributed by atoms with Crippen molar-refractivity contribution in [2.75, 3.05) is 55.3 Å². The van der Waals surface area contributed by atoms with Gasteiger partial charge in [0.15, 0.2) is 11.6 Å². The molecule has 0 saturated carbocycles. The number of morpholine rings is 1. The minimum Gasteiger partial charge on any atom is -0.480 e. The third kappa shape index (κ3) is 17.4. The van der Waals surface area contributed by atoms with Crippen LogP contribution < -0.4 is 43.0 Å². The monoisotopic (exact) mass is 1060 g/mol. The number of unbranched alkanes of at least 4 members (excludes halogenated alkanes) is 2. The number of amides is 8. The fraction of sp³-hybridized carbons (Fsp3) is 0.396. The van der Waals surface area contributed by atoms with Crippen LogP contribution in [0.5, 0.6) is 0 Å². The number of Topliss-reactive ketones (excluding diaryl/α,β-unsaturated/α-hetero) is 1. The Kier molecular flexibility index (Phi) is 21.0. The molecule has 8 amide bonds. The van der Waals surface area contributed by atoms with Crippen LogP contribution in [0, 0.1) is 5.92 Å². The van der Waals surface area contributed by atoms with E-state index < -0.39 is 48.0 Å². The molecule has 0 aliphatic carbocycles. The summed E-state index contributed by atoms with van der Waals surface area (Å²) in [5, 5.41) is 23.0. The van der Waals surface area contributed by atoms with Crippen LogP contribution in [0.3, 0.4) is 0 Å². The van der Waals surface area contributed by atoms with Crippen molar-refractivity contribution in [2.24, 2.45) is 11.7 Å². The van der Waals surface area contributed by atoms with Crippen molar-refractivity contribution in [2.45, 2.75) is 89.9 Å². The van der Waals surface area contributed by atoms with Crippen LogP contribution in [-0.4, -0.2) is 136 Å². The summed E-state index contributed by atoms with van der Waals surface area (Å²) >= 11 is 0.